The monoisotopic (exact) mass is 181 g/mol. The molecular weight excluding hydrogens is 178 g/mol. The van der Waals surface area contributed by atoms with Gasteiger partial charge in [0.2, 0.25) is 5.95 Å². The number of pyridine rings is 1. The molecule has 1 heterocycles. The van der Waals surface area contributed by atoms with Gasteiger partial charge in [-0.2, -0.15) is 4.39 Å². The first-order valence-corrected chi connectivity index (χ1v) is 2.88. The Hall–Kier alpha value is -1.33. The van der Waals surface area contributed by atoms with E-state index in [1.54, 1.807) is 0 Å². The summed E-state index contributed by atoms with van der Waals surface area (Å²) < 4.78 is 48.3. The van der Waals surface area contributed by atoms with Gasteiger partial charge in [-0.3, -0.25) is 9.78 Å². The first kappa shape index (κ1) is 8.76. The van der Waals surface area contributed by atoms with Gasteiger partial charge in [0.1, 0.15) is 0 Å². The van der Waals surface area contributed by atoms with Crippen molar-refractivity contribution in [1.82, 2.24) is 4.98 Å². The molecule has 0 amide bonds. The summed E-state index contributed by atoms with van der Waals surface area (Å²) in [6, 6.07) is 0.322. The van der Waals surface area contributed by atoms with E-state index in [2.05, 4.69) is 0 Å². The number of rotatable bonds is 1. The van der Waals surface area contributed by atoms with Crippen LogP contribution < -0.4 is 5.56 Å². The standard InChI is InChI=1S/C6H3F4NO/c7-4-2(5(8)9)1-3(12)11-6(4)10/h1,5H,(H,11,12). The topological polar surface area (TPSA) is 32.9 Å². The Kier molecular flexibility index (Phi) is 2.16. The first-order valence-electron chi connectivity index (χ1n) is 2.88. The highest BCUT2D eigenvalue weighted by Crippen LogP contribution is 2.20. The van der Waals surface area contributed by atoms with Crippen molar-refractivity contribution in [3.05, 3.63) is 33.7 Å². The third-order valence-electron chi connectivity index (χ3n) is 1.20. The van der Waals surface area contributed by atoms with Crippen LogP contribution in [0.2, 0.25) is 0 Å². The summed E-state index contributed by atoms with van der Waals surface area (Å²) in [5.74, 6) is -3.39. The Morgan fingerprint density at radius 1 is 1.33 bits per heavy atom. The van der Waals surface area contributed by atoms with Crippen LogP contribution in [0, 0.1) is 11.8 Å². The van der Waals surface area contributed by atoms with Crippen molar-refractivity contribution >= 4 is 0 Å². The molecule has 0 spiro atoms. The fourth-order valence-corrected chi connectivity index (χ4v) is 0.689. The molecule has 1 aromatic rings. The molecule has 0 radical (unpaired) electrons. The highest BCUT2D eigenvalue weighted by molar-refractivity contribution is 5.14. The third kappa shape index (κ3) is 1.46. The highest BCUT2D eigenvalue weighted by atomic mass is 19.3. The molecule has 0 saturated carbocycles. The molecular formula is C6H3F4NO. The minimum atomic E-state index is -3.19. The Morgan fingerprint density at radius 2 is 1.92 bits per heavy atom. The van der Waals surface area contributed by atoms with Crippen LogP contribution in [-0.2, 0) is 0 Å². The average Bonchev–Trinajstić information content (AvgIpc) is 1.96. The molecule has 1 rings (SSSR count). The van der Waals surface area contributed by atoms with E-state index in [0.717, 1.165) is 0 Å². The van der Waals surface area contributed by atoms with Crippen LogP contribution >= 0.6 is 0 Å². The lowest BCUT2D eigenvalue weighted by atomic mass is 10.2. The van der Waals surface area contributed by atoms with Crippen LogP contribution in [0.3, 0.4) is 0 Å². The number of halogens is 4. The summed E-state index contributed by atoms with van der Waals surface area (Å²) in [5, 5.41) is 0. The number of H-pyrrole nitrogens is 1. The molecule has 66 valence electrons. The van der Waals surface area contributed by atoms with Crippen molar-refractivity contribution < 1.29 is 17.6 Å². The Morgan fingerprint density at radius 3 is 2.42 bits per heavy atom. The van der Waals surface area contributed by atoms with Gasteiger partial charge in [-0.05, 0) is 0 Å². The maximum Gasteiger partial charge on any atom is 0.267 e. The van der Waals surface area contributed by atoms with E-state index in [0.29, 0.717) is 6.07 Å². The number of alkyl halides is 2. The number of aromatic nitrogens is 1. The van der Waals surface area contributed by atoms with Crippen LogP contribution in [0.4, 0.5) is 17.6 Å². The van der Waals surface area contributed by atoms with Gasteiger partial charge in [0, 0.05) is 6.07 Å². The molecule has 6 heteroatoms. The molecule has 0 atom stereocenters. The number of nitrogens with one attached hydrogen (secondary N) is 1. The van der Waals surface area contributed by atoms with E-state index >= 15 is 0 Å². The maximum absolute atomic E-state index is 12.4. The van der Waals surface area contributed by atoms with Crippen molar-refractivity contribution in [2.24, 2.45) is 0 Å². The molecule has 0 aromatic carbocycles. The Bertz CT molecular complexity index is 346. The van der Waals surface area contributed by atoms with Gasteiger partial charge < -0.3 is 0 Å². The maximum atomic E-state index is 12.4. The zero-order valence-corrected chi connectivity index (χ0v) is 5.57. The normalized spacial score (nSPS) is 10.8. The summed E-state index contributed by atoms with van der Waals surface area (Å²) in [4.78, 5) is 11.8. The first-order chi connectivity index (χ1) is 5.52. The van der Waals surface area contributed by atoms with E-state index in [9.17, 15) is 22.4 Å². The predicted molar refractivity (Wildman–Crippen MR) is 31.9 cm³/mol. The van der Waals surface area contributed by atoms with E-state index in [4.69, 9.17) is 0 Å². The van der Waals surface area contributed by atoms with Crippen LogP contribution in [0.25, 0.3) is 0 Å². The molecule has 0 fully saturated rings. The lowest BCUT2D eigenvalue weighted by Gasteiger charge is -1.99. The third-order valence-corrected chi connectivity index (χ3v) is 1.20. The smallest absolute Gasteiger partial charge is 0.267 e. The zero-order chi connectivity index (χ0) is 9.30. The van der Waals surface area contributed by atoms with Gasteiger partial charge in [-0.1, -0.05) is 0 Å². The van der Waals surface area contributed by atoms with Crippen LogP contribution in [-0.4, -0.2) is 4.98 Å². The van der Waals surface area contributed by atoms with Gasteiger partial charge in [0.25, 0.3) is 12.0 Å². The second-order valence-electron chi connectivity index (χ2n) is 2.02. The van der Waals surface area contributed by atoms with E-state index in [1.807, 2.05) is 0 Å². The molecule has 0 bridgehead atoms. The van der Waals surface area contributed by atoms with Crippen LogP contribution in [0.1, 0.15) is 12.0 Å². The molecule has 2 nitrogen and oxygen atoms in total. The molecule has 0 aliphatic rings. The van der Waals surface area contributed by atoms with E-state index < -0.39 is 29.3 Å². The van der Waals surface area contributed by atoms with Crippen molar-refractivity contribution in [3.63, 3.8) is 0 Å². The average molecular weight is 181 g/mol. The van der Waals surface area contributed by atoms with Crippen LogP contribution in [0.5, 0.6) is 0 Å². The summed E-state index contributed by atoms with van der Waals surface area (Å²) in [6.45, 7) is 0. The summed E-state index contributed by atoms with van der Waals surface area (Å²) in [7, 11) is 0. The molecule has 1 N–H and O–H groups in total. The lowest BCUT2D eigenvalue weighted by molar-refractivity contribution is 0.144. The highest BCUT2D eigenvalue weighted by Gasteiger charge is 2.17. The predicted octanol–water partition coefficient (Wildman–Crippen LogP) is 1.59. The number of hydrogen-bond donors (Lipinski definition) is 1. The fraction of sp³-hybridized carbons (Fsp3) is 0.167. The molecule has 0 unspecified atom stereocenters. The number of aromatic amines is 1. The fourth-order valence-electron chi connectivity index (χ4n) is 0.689. The minimum Gasteiger partial charge on any atom is -0.296 e. The van der Waals surface area contributed by atoms with Gasteiger partial charge in [0.15, 0.2) is 5.82 Å². The van der Waals surface area contributed by atoms with Gasteiger partial charge in [-0.25, -0.2) is 13.2 Å². The lowest BCUT2D eigenvalue weighted by Crippen LogP contribution is -2.11. The van der Waals surface area contributed by atoms with Gasteiger partial charge >= 0.3 is 0 Å². The SMILES string of the molecule is O=c1cc(C(F)F)c(F)c(F)[nH]1. The molecule has 12 heavy (non-hydrogen) atoms. The van der Waals surface area contributed by atoms with Gasteiger partial charge in [-0.15, -0.1) is 0 Å². The molecule has 1 aromatic heterocycles. The minimum absolute atomic E-state index is 0.322. The Balaban J connectivity index is 3.38. The molecule has 0 aliphatic carbocycles. The van der Waals surface area contributed by atoms with Crippen molar-refractivity contribution in [1.29, 1.82) is 0 Å². The molecule has 0 saturated heterocycles. The van der Waals surface area contributed by atoms with E-state index in [1.165, 1.54) is 4.98 Å². The zero-order valence-electron chi connectivity index (χ0n) is 5.57. The summed E-state index contributed by atoms with van der Waals surface area (Å²) >= 11 is 0. The largest absolute Gasteiger partial charge is 0.296 e. The second-order valence-corrected chi connectivity index (χ2v) is 2.02. The van der Waals surface area contributed by atoms with Gasteiger partial charge in [0.05, 0.1) is 5.56 Å². The van der Waals surface area contributed by atoms with Crippen LogP contribution in [0.15, 0.2) is 10.9 Å². The van der Waals surface area contributed by atoms with Crippen molar-refractivity contribution in [3.8, 4) is 0 Å². The van der Waals surface area contributed by atoms with Crippen molar-refractivity contribution in [2.45, 2.75) is 6.43 Å². The number of hydrogen-bond acceptors (Lipinski definition) is 1. The van der Waals surface area contributed by atoms with Crippen molar-refractivity contribution in [2.75, 3.05) is 0 Å². The summed E-state index contributed by atoms with van der Waals surface area (Å²) in [6.07, 6.45) is -3.19. The van der Waals surface area contributed by atoms with E-state index in [-0.39, 0.29) is 0 Å². The quantitative estimate of drug-likeness (QED) is 0.517. The Labute approximate surface area is 63.8 Å². The second kappa shape index (κ2) is 2.96. The molecule has 0 aliphatic heterocycles. The summed E-state index contributed by atoms with van der Waals surface area (Å²) in [5.41, 5.74) is -2.32.